The van der Waals surface area contributed by atoms with Crippen LogP contribution in [0.4, 0.5) is 0 Å². The molecule has 0 atom stereocenters. The third-order valence-electron chi connectivity index (χ3n) is 3.82. The zero-order valence-corrected chi connectivity index (χ0v) is 11.9. The number of benzene rings is 1. The molecule has 1 N–H and O–H groups in total. The minimum absolute atomic E-state index is 0.183. The molecule has 0 saturated heterocycles. The molecule has 0 aliphatic heterocycles. The number of ether oxygens (including phenoxy) is 1. The largest absolute Gasteiger partial charge is 0.377 e. The Morgan fingerprint density at radius 2 is 2.14 bits per heavy atom. The van der Waals surface area contributed by atoms with E-state index in [1.54, 1.807) is 13.2 Å². The first kappa shape index (κ1) is 13.8. The van der Waals surface area contributed by atoms with E-state index in [1.165, 1.54) is 5.56 Å². The monoisotopic (exact) mass is 286 g/mol. The second-order valence-electron chi connectivity index (χ2n) is 5.36. The number of nitrogens with one attached hydrogen (secondary N) is 1. The van der Waals surface area contributed by atoms with Crippen LogP contribution in [-0.4, -0.2) is 24.2 Å². The van der Waals surface area contributed by atoms with Crippen LogP contribution in [0, 0.1) is 0 Å². The molecule has 1 aliphatic carbocycles. The molecule has 1 heterocycles. The molecule has 1 amide bonds. The van der Waals surface area contributed by atoms with Gasteiger partial charge in [0.15, 0.2) is 11.5 Å². The Bertz CT molecular complexity index is 603. The van der Waals surface area contributed by atoms with Gasteiger partial charge in [-0.2, -0.15) is 0 Å². The number of rotatable bonds is 5. The Labute approximate surface area is 123 Å². The van der Waals surface area contributed by atoms with Gasteiger partial charge in [0.25, 0.3) is 5.91 Å². The fraction of sp³-hybridized carbons (Fsp3) is 0.375. The van der Waals surface area contributed by atoms with Crippen LogP contribution >= 0.6 is 0 Å². The van der Waals surface area contributed by atoms with Crippen molar-refractivity contribution in [2.24, 2.45) is 0 Å². The highest BCUT2D eigenvalue weighted by molar-refractivity contribution is 5.92. The van der Waals surface area contributed by atoms with Crippen molar-refractivity contribution in [2.45, 2.75) is 31.4 Å². The average Bonchev–Trinajstić information content (AvgIpc) is 2.92. The highest BCUT2D eigenvalue weighted by Gasteiger charge is 2.31. The Morgan fingerprint density at radius 3 is 2.86 bits per heavy atom. The fourth-order valence-corrected chi connectivity index (χ4v) is 2.62. The summed E-state index contributed by atoms with van der Waals surface area (Å²) in [4.78, 5) is 12.0. The van der Waals surface area contributed by atoms with E-state index in [2.05, 4.69) is 22.6 Å². The molecule has 1 aromatic carbocycles. The SMILES string of the molecule is COCc1cc(C(=O)NC2CC(c3ccccc3)C2)no1. The maximum absolute atomic E-state index is 12.0. The highest BCUT2D eigenvalue weighted by Crippen LogP contribution is 2.36. The summed E-state index contributed by atoms with van der Waals surface area (Å²) in [5.41, 5.74) is 1.65. The third kappa shape index (κ3) is 3.13. The summed E-state index contributed by atoms with van der Waals surface area (Å²) in [5.74, 6) is 0.911. The summed E-state index contributed by atoms with van der Waals surface area (Å²) in [6, 6.07) is 12.2. The lowest BCUT2D eigenvalue weighted by atomic mass is 9.76. The Kier molecular flexibility index (Phi) is 4.01. The smallest absolute Gasteiger partial charge is 0.273 e. The van der Waals surface area contributed by atoms with Gasteiger partial charge >= 0.3 is 0 Å². The number of methoxy groups -OCH3 is 1. The van der Waals surface area contributed by atoms with Crippen molar-refractivity contribution in [3.63, 3.8) is 0 Å². The van der Waals surface area contributed by atoms with Crippen molar-refractivity contribution in [1.29, 1.82) is 0 Å². The summed E-state index contributed by atoms with van der Waals surface area (Å²) >= 11 is 0. The van der Waals surface area contributed by atoms with Crippen molar-refractivity contribution >= 4 is 5.91 Å². The predicted octanol–water partition coefficient (Wildman–Crippen LogP) is 2.50. The van der Waals surface area contributed by atoms with Crippen molar-refractivity contribution in [2.75, 3.05) is 7.11 Å². The number of nitrogens with zero attached hydrogens (tertiary/aromatic N) is 1. The molecule has 0 bridgehead atoms. The number of carbonyl (C=O) groups excluding carboxylic acids is 1. The number of hydrogen-bond acceptors (Lipinski definition) is 4. The van der Waals surface area contributed by atoms with Gasteiger partial charge in [-0.25, -0.2) is 0 Å². The van der Waals surface area contributed by atoms with Crippen LogP contribution in [0.15, 0.2) is 40.9 Å². The molecule has 3 rings (SSSR count). The number of carbonyl (C=O) groups is 1. The molecule has 1 fully saturated rings. The van der Waals surface area contributed by atoms with Gasteiger partial charge < -0.3 is 14.6 Å². The van der Waals surface area contributed by atoms with Crippen molar-refractivity contribution in [3.8, 4) is 0 Å². The molecule has 0 radical (unpaired) electrons. The molecular formula is C16H18N2O3. The predicted molar refractivity (Wildman–Crippen MR) is 76.9 cm³/mol. The van der Waals surface area contributed by atoms with E-state index in [9.17, 15) is 4.79 Å². The molecule has 21 heavy (non-hydrogen) atoms. The third-order valence-corrected chi connectivity index (χ3v) is 3.82. The van der Waals surface area contributed by atoms with E-state index < -0.39 is 0 Å². The molecule has 1 aliphatic rings. The van der Waals surface area contributed by atoms with Crippen molar-refractivity contribution in [1.82, 2.24) is 10.5 Å². The molecule has 5 nitrogen and oxygen atoms in total. The maximum atomic E-state index is 12.0. The topological polar surface area (TPSA) is 64.4 Å². The first-order valence-corrected chi connectivity index (χ1v) is 7.06. The van der Waals surface area contributed by atoms with Crippen molar-refractivity contribution < 1.29 is 14.1 Å². The highest BCUT2D eigenvalue weighted by atomic mass is 16.5. The second-order valence-corrected chi connectivity index (χ2v) is 5.36. The van der Waals surface area contributed by atoms with E-state index >= 15 is 0 Å². The Hall–Kier alpha value is -2.14. The zero-order chi connectivity index (χ0) is 14.7. The Morgan fingerprint density at radius 1 is 1.38 bits per heavy atom. The maximum Gasteiger partial charge on any atom is 0.273 e. The van der Waals surface area contributed by atoms with Crippen LogP contribution in [0.3, 0.4) is 0 Å². The van der Waals surface area contributed by atoms with Crippen LogP contribution < -0.4 is 5.32 Å². The molecule has 1 aromatic heterocycles. The first-order chi connectivity index (χ1) is 10.3. The lowest BCUT2D eigenvalue weighted by Crippen LogP contribution is -2.43. The summed E-state index contributed by atoms with van der Waals surface area (Å²) in [5, 5.41) is 6.74. The molecule has 2 aromatic rings. The van der Waals surface area contributed by atoms with Crippen LogP contribution in [-0.2, 0) is 11.3 Å². The van der Waals surface area contributed by atoms with E-state index in [1.807, 2.05) is 18.2 Å². The molecular weight excluding hydrogens is 268 g/mol. The fourth-order valence-electron chi connectivity index (χ4n) is 2.62. The van der Waals surface area contributed by atoms with Crippen LogP contribution in [0.1, 0.15) is 40.6 Å². The standard InChI is InChI=1S/C16H18N2O3/c1-20-10-14-9-15(18-21-14)16(19)17-13-7-12(8-13)11-5-3-2-4-6-11/h2-6,9,12-13H,7-8,10H2,1H3,(H,17,19). The van der Waals surface area contributed by atoms with Crippen LogP contribution in [0.2, 0.25) is 0 Å². The van der Waals surface area contributed by atoms with Crippen LogP contribution in [0.25, 0.3) is 0 Å². The summed E-state index contributed by atoms with van der Waals surface area (Å²) < 4.78 is 9.95. The first-order valence-electron chi connectivity index (χ1n) is 7.06. The second kappa shape index (κ2) is 6.10. The summed E-state index contributed by atoms with van der Waals surface area (Å²) in [6.45, 7) is 0.319. The molecule has 5 heteroatoms. The minimum atomic E-state index is -0.183. The van der Waals surface area contributed by atoms with Gasteiger partial charge in [0, 0.05) is 19.2 Å². The van der Waals surface area contributed by atoms with Gasteiger partial charge in [0.1, 0.15) is 6.61 Å². The number of hydrogen-bond donors (Lipinski definition) is 1. The van der Waals surface area contributed by atoms with Gasteiger partial charge in [-0.15, -0.1) is 0 Å². The quantitative estimate of drug-likeness (QED) is 0.917. The summed E-state index contributed by atoms with van der Waals surface area (Å²) in [7, 11) is 1.57. The normalized spacial score (nSPS) is 20.8. The minimum Gasteiger partial charge on any atom is -0.377 e. The van der Waals surface area contributed by atoms with Crippen molar-refractivity contribution in [3.05, 3.63) is 53.4 Å². The van der Waals surface area contributed by atoms with Gasteiger partial charge in [-0.3, -0.25) is 4.79 Å². The molecule has 0 spiro atoms. The van der Waals surface area contributed by atoms with E-state index in [0.29, 0.717) is 24.0 Å². The van der Waals surface area contributed by atoms with Crippen LogP contribution in [0.5, 0.6) is 0 Å². The number of aromatic nitrogens is 1. The van der Waals surface area contributed by atoms with Gasteiger partial charge in [0.2, 0.25) is 0 Å². The molecule has 110 valence electrons. The number of amides is 1. The Balaban J connectivity index is 1.50. The van der Waals surface area contributed by atoms with E-state index in [-0.39, 0.29) is 11.9 Å². The summed E-state index contributed by atoms with van der Waals surface area (Å²) in [6.07, 6.45) is 1.94. The lowest BCUT2D eigenvalue weighted by molar-refractivity contribution is 0.0899. The average molecular weight is 286 g/mol. The van der Waals surface area contributed by atoms with E-state index in [4.69, 9.17) is 9.26 Å². The molecule has 1 saturated carbocycles. The zero-order valence-electron chi connectivity index (χ0n) is 11.9. The van der Waals surface area contributed by atoms with Gasteiger partial charge in [-0.05, 0) is 24.3 Å². The van der Waals surface area contributed by atoms with Gasteiger partial charge in [-0.1, -0.05) is 35.5 Å². The van der Waals surface area contributed by atoms with E-state index in [0.717, 1.165) is 12.8 Å². The van der Waals surface area contributed by atoms with Gasteiger partial charge in [0.05, 0.1) is 0 Å². The lowest BCUT2D eigenvalue weighted by Gasteiger charge is -2.36. The molecule has 0 unspecified atom stereocenters.